The maximum absolute atomic E-state index is 13.8. The van der Waals surface area contributed by atoms with Crippen LogP contribution in [0.2, 0.25) is 0 Å². The number of nitrogens with two attached hydrogens (primary N) is 1. The number of amides is 6. The summed E-state index contributed by atoms with van der Waals surface area (Å²) in [4.78, 5) is 103. The Morgan fingerprint density at radius 3 is 2.19 bits per heavy atom. The number of ketones is 1. The van der Waals surface area contributed by atoms with E-state index in [1.165, 1.54) is 0 Å². The van der Waals surface area contributed by atoms with E-state index in [1.54, 1.807) is 20.8 Å². The van der Waals surface area contributed by atoms with Gasteiger partial charge in [0.15, 0.2) is 0 Å². The average molecular weight is 733 g/mol. The minimum Gasteiger partial charge on any atom is -0.480 e. The molecular weight excluding hydrogens is 680 g/mol. The molecule has 0 saturated carbocycles. The number of carbonyl (C=O) groups is 8. The molecule has 288 valence electrons. The van der Waals surface area contributed by atoms with Gasteiger partial charge in [0, 0.05) is 13.0 Å². The topological polar surface area (TPSA) is 253 Å². The highest BCUT2D eigenvalue weighted by atomic mass is 16.5. The molecule has 5 unspecified atom stereocenters. The molecule has 17 heteroatoms. The van der Waals surface area contributed by atoms with Crippen molar-refractivity contribution in [3.05, 3.63) is 35.9 Å². The third-order valence-corrected chi connectivity index (χ3v) is 8.13. The number of aliphatic carboxylic acids is 1. The summed E-state index contributed by atoms with van der Waals surface area (Å²) in [6.07, 6.45) is -0.763. The number of Topliss-reactive ketones (excluding diaryl/α,β-unsaturated/α-hetero) is 1. The standard InChI is InChI=1S/C35H52N6O11/c1-6-10-24(30(45)33(48)37-16-27(42)38-25(31(36)46)14-13-22-11-8-7-9-12-22)39-32(47)26-15-23(51-19-28(43)44)17-41(26)34(49)29(21(4)5)40-35(50)52-18-20(2)3/h7-9,11-12,20-21,23-26,29H,6,10,13-19H2,1-5H3,(H2,36,46)(H,37,48)(H,38,42)(H,39,47)(H,40,50)(H,43,44). The Hall–Kier alpha value is -5.06. The third kappa shape index (κ3) is 14.3. The van der Waals surface area contributed by atoms with E-state index < -0.39 is 96.7 Å². The van der Waals surface area contributed by atoms with E-state index >= 15 is 0 Å². The molecule has 1 aromatic carbocycles. The molecule has 1 aliphatic rings. The van der Waals surface area contributed by atoms with Crippen LogP contribution in [0.15, 0.2) is 30.3 Å². The largest absolute Gasteiger partial charge is 0.480 e. The van der Waals surface area contributed by atoms with Gasteiger partial charge >= 0.3 is 12.1 Å². The summed E-state index contributed by atoms with van der Waals surface area (Å²) in [6, 6.07) is 4.49. The van der Waals surface area contributed by atoms with Crippen molar-refractivity contribution in [2.24, 2.45) is 17.6 Å². The van der Waals surface area contributed by atoms with Crippen LogP contribution >= 0.6 is 0 Å². The molecule has 1 fully saturated rings. The molecule has 52 heavy (non-hydrogen) atoms. The van der Waals surface area contributed by atoms with Crippen LogP contribution in [0.5, 0.6) is 0 Å². The molecule has 1 aliphatic heterocycles. The lowest BCUT2D eigenvalue weighted by atomic mass is 10.0. The number of rotatable bonds is 21. The van der Waals surface area contributed by atoms with E-state index in [2.05, 4.69) is 21.3 Å². The van der Waals surface area contributed by atoms with Gasteiger partial charge in [-0.2, -0.15) is 0 Å². The number of primary amides is 1. The smallest absolute Gasteiger partial charge is 0.407 e. The average Bonchev–Trinajstić information content (AvgIpc) is 3.53. The van der Waals surface area contributed by atoms with Crippen LogP contribution in [-0.4, -0.2) is 114 Å². The summed E-state index contributed by atoms with van der Waals surface area (Å²) in [5.74, 6) is -6.87. The quantitative estimate of drug-likeness (QED) is 0.0920. The number of benzene rings is 1. The molecule has 7 N–H and O–H groups in total. The number of likely N-dealkylation sites (tertiary alicyclic amines) is 1. The monoisotopic (exact) mass is 732 g/mol. The molecule has 1 aromatic rings. The zero-order valence-corrected chi connectivity index (χ0v) is 30.3. The predicted octanol–water partition coefficient (Wildman–Crippen LogP) is 0.0370. The van der Waals surface area contributed by atoms with Gasteiger partial charge in [-0.15, -0.1) is 0 Å². The van der Waals surface area contributed by atoms with E-state index in [4.69, 9.17) is 20.3 Å². The number of hydrogen-bond donors (Lipinski definition) is 6. The Bertz CT molecular complexity index is 1420. The lowest BCUT2D eigenvalue weighted by Crippen LogP contribution is -2.57. The Morgan fingerprint density at radius 2 is 1.62 bits per heavy atom. The van der Waals surface area contributed by atoms with Crippen LogP contribution in [0.25, 0.3) is 0 Å². The van der Waals surface area contributed by atoms with Gasteiger partial charge in [-0.3, -0.25) is 28.8 Å². The minimum atomic E-state index is -1.34. The minimum absolute atomic E-state index is 0.0326. The fraction of sp³-hybridized carbons (Fsp3) is 0.600. The number of carbonyl (C=O) groups excluding carboxylic acids is 7. The van der Waals surface area contributed by atoms with Crippen molar-refractivity contribution >= 4 is 47.4 Å². The first-order valence-electron chi connectivity index (χ1n) is 17.4. The number of ether oxygens (including phenoxy) is 2. The van der Waals surface area contributed by atoms with Crippen LogP contribution in [0.1, 0.15) is 65.9 Å². The first kappa shape index (κ1) is 43.1. The van der Waals surface area contributed by atoms with Crippen molar-refractivity contribution < 1.29 is 52.9 Å². The van der Waals surface area contributed by atoms with E-state index in [-0.39, 0.29) is 38.3 Å². The van der Waals surface area contributed by atoms with E-state index in [9.17, 15) is 38.4 Å². The van der Waals surface area contributed by atoms with Gasteiger partial charge in [0.25, 0.3) is 5.91 Å². The molecule has 0 aliphatic carbocycles. The molecule has 5 atom stereocenters. The second kappa shape index (κ2) is 21.3. The van der Waals surface area contributed by atoms with Crippen molar-refractivity contribution in [1.82, 2.24) is 26.2 Å². The molecule has 1 saturated heterocycles. The van der Waals surface area contributed by atoms with Gasteiger partial charge in [-0.1, -0.05) is 71.4 Å². The van der Waals surface area contributed by atoms with Crippen molar-refractivity contribution in [3.8, 4) is 0 Å². The second-order valence-corrected chi connectivity index (χ2v) is 13.4. The second-order valence-electron chi connectivity index (χ2n) is 13.4. The van der Waals surface area contributed by atoms with Crippen molar-refractivity contribution in [2.45, 2.75) is 97.0 Å². The Balaban J connectivity index is 2.12. The van der Waals surface area contributed by atoms with Crippen LogP contribution in [0.3, 0.4) is 0 Å². The molecule has 0 spiro atoms. The van der Waals surface area contributed by atoms with E-state index in [0.29, 0.717) is 12.8 Å². The molecule has 1 heterocycles. The first-order valence-corrected chi connectivity index (χ1v) is 17.4. The van der Waals surface area contributed by atoms with E-state index in [1.807, 2.05) is 44.2 Å². The van der Waals surface area contributed by atoms with Crippen molar-refractivity contribution in [1.29, 1.82) is 0 Å². The lowest BCUT2D eigenvalue weighted by Gasteiger charge is -2.31. The highest BCUT2D eigenvalue weighted by molar-refractivity contribution is 6.38. The maximum Gasteiger partial charge on any atom is 0.407 e. The van der Waals surface area contributed by atoms with E-state index in [0.717, 1.165) is 10.5 Å². The van der Waals surface area contributed by atoms with Crippen LogP contribution < -0.4 is 27.0 Å². The summed E-state index contributed by atoms with van der Waals surface area (Å²) in [6.45, 7) is 7.36. The van der Waals surface area contributed by atoms with Gasteiger partial charge in [0.1, 0.15) is 24.7 Å². The molecule has 0 aromatic heterocycles. The van der Waals surface area contributed by atoms with Crippen LogP contribution in [0.4, 0.5) is 4.79 Å². The number of aryl methyl sites for hydroxylation is 1. The Kier molecular flexibility index (Phi) is 17.7. The molecule has 2 rings (SSSR count). The number of nitrogens with zero attached hydrogens (tertiary/aromatic N) is 1. The number of carboxylic acid groups (broad SMARTS) is 1. The summed E-state index contributed by atoms with van der Waals surface area (Å²) >= 11 is 0. The lowest BCUT2D eigenvalue weighted by molar-refractivity contribution is -0.144. The van der Waals surface area contributed by atoms with Gasteiger partial charge in [-0.25, -0.2) is 9.59 Å². The Labute approximate surface area is 303 Å². The number of nitrogens with one attached hydrogen (secondary N) is 4. The van der Waals surface area contributed by atoms with Crippen LogP contribution in [0, 0.1) is 11.8 Å². The highest BCUT2D eigenvalue weighted by Crippen LogP contribution is 2.24. The van der Waals surface area contributed by atoms with Gasteiger partial charge < -0.3 is 46.5 Å². The molecule has 17 nitrogen and oxygen atoms in total. The SMILES string of the molecule is CCCC(NC(=O)C1CC(OCC(=O)O)CN1C(=O)C(NC(=O)OCC(C)C)C(C)C)C(=O)C(=O)NCC(=O)NC(CCc1ccccc1)C(N)=O. The van der Waals surface area contributed by atoms with Crippen LogP contribution in [-0.2, 0) is 49.5 Å². The third-order valence-electron chi connectivity index (χ3n) is 8.13. The normalized spacial score (nSPS) is 17.1. The molecule has 6 amide bonds. The summed E-state index contributed by atoms with van der Waals surface area (Å²) in [5.41, 5.74) is 6.38. The zero-order chi connectivity index (χ0) is 39.0. The number of alkyl carbamates (subject to hydrolysis) is 1. The zero-order valence-electron chi connectivity index (χ0n) is 30.3. The van der Waals surface area contributed by atoms with Gasteiger partial charge in [0.05, 0.1) is 25.3 Å². The molecular formula is C35H52N6O11. The van der Waals surface area contributed by atoms with Crippen molar-refractivity contribution in [2.75, 3.05) is 26.3 Å². The number of hydrogen-bond acceptors (Lipinski definition) is 10. The fourth-order valence-corrected chi connectivity index (χ4v) is 5.42. The van der Waals surface area contributed by atoms with Gasteiger partial charge in [-0.05, 0) is 36.7 Å². The maximum atomic E-state index is 13.8. The van der Waals surface area contributed by atoms with Crippen molar-refractivity contribution in [3.63, 3.8) is 0 Å². The summed E-state index contributed by atoms with van der Waals surface area (Å²) < 4.78 is 10.6. The summed E-state index contributed by atoms with van der Waals surface area (Å²) in [5, 5.41) is 18.8. The summed E-state index contributed by atoms with van der Waals surface area (Å²) in [7, 11) is 0. The number of carboxylic acids is 1. The molecule has 0 radical (unpaired) electrons. The molecule has 0 bridgehead atoms. The highest BCUT2D eigenvalue weighted by Gasteiger charge is 2.44. The Morgan fingerprint density at radius 1 is 0.942 bits per heavy atom. The van der Waals surface area contributed by atoms with Gasteiger partial charge in [0.2, 0.25) is 29.4 Å². The predicted molar refractivity (Wildman–Crippen MR) is 186 cm³/mol. The fourth-order valence-electron chi connectivity index (χ4n) is 5.42. The first-order chi connectivity index (χ1) is 24.5.